The number of aryl methyl sites for hydroxylation is 1. The third kappa shape index (κ3) is 4.21. The van der Waals surface area contributed by atoms with Gasteiger partial charge in [-0.25, -0.2) is 19.6 Å². The summed E-state index contributed by atoms with van der Waals surface area (Å²) in [6.07, 6.45) is 0.602. The molecule has 0 radical (unpaired) electrons. The van der Waals surface area contributed by atoms with Crippen LogP contribution in [0.3, 0.4) is 0 Å². The molecule has 1 aromatic carbocycles. The van der Waals surface area contributed by atoms with E-state index in [4.69, 9.17) is 4.74 Å². The highest BCUT2D eigenvalue weighted by Gasteiger charge is 2.31. The molecular weight excluding hydrogens is 364 g/mol. The molecule has 1 aliphatic rings. The number of fused-ring (bicyclic) bond motifs is 1. The van der Waals surface area contributed by atoms with E-state index in [1.54, 1.807) is 6.92 Å². The van der Waals surface area contributed by atoms with Crippen molar-refractivity contribution in [1.82, 2.24) is 20.6 Å². The van der Waals surface area contributed by atoms with Gasteiger partial charge in [0.1, 0.15) is 10.9 Å². The Balaban J connectivity index is 1.94. The average molecular weight is 386 g/mol. The smallest absolute Gasteiger partial charge is 0.337 e. The van der Waals surface area contributed by atoms with E-state index in [2.05, 4.69) is 20.6 Å². The molecule has 2 heterocycles. The van der Waals surface area contributed by atoms with Crippen LogP contribution in [0.5, 0.6) is 0 Å². The van der Waals surface area contributed by atoms with Crippen LogP contribution in [0.25, 0.3) is 10.9 Å². The first-order valence-electron chi connectivity index (χ1n) is 8.87. The molecule has 7 nitrogen and oxygen atoms in total. The predicted octanol–water partition coefficient (Wildman–Crippen LogP) is 2.94. The summed E-state index contributed by atoms with van der Waals surface area (Å²) in [5.74, 6) is 0.672. The van der Waals surface area contributed by atoms with Gasteiger partial charge < -0.3 is 15.4 Å². The van der Waals surface area contributed by atoms with Gasteiger partial charge in [0, 0.05) is 16.8 Å². The first-order valence-corrected chi connectivity index (χ1v) is 9.85. The Morgan fingerprint density at radius 3 is 2.78 bits per heavy atom. The molecule has 0 unspecified atom stereocenters. The van der Waals surface area contributed by atoms with E-state index in [-0.39, 0.29) is 18.7 Å². The topological polar surface area (TPSA) is 93.2 Å². The highest BCUT2D eigenvalue weighted by atomic mass is 32.2. The standard InChI is InChI=1S/C19H22N4O3S/c1-4-13-16(18(24)26-5-2)15(23-19(25)22-13)10-27-17-12-8-6-7-9-14(12)20-11(3)21-17/h6-9,13H,4-5,10H2,1-3H3,(H2,22,23,25)/t13-/m1/s1. The van der Waals surface area contributed by atoms with Gasteiger partial charge >= 0.3 is 12.0 Å². The van der Waals surface area contributed by atoms with Crippen LogP contribution in [0.2, 0.25) is 0 Å². The van der Waals surface area contributed by atoms with Crippen LogP contribution in [-0.2, 0) is 9.53 Å². The van der Waals surface area contributed by atoms with E-state index in [1.165, 1.54) is 11.8 Å². The fourth-order valence-electron chi connectivity index (χ4n) is 2.98. The summed E-state index contributed by atoms with van der Waals surface area (Å²) < 4.78 is 5.20. The molecule has 27 heavy (non-hydrogen) atoms. The Kier molecular flexibility index (Phi) is 5.95. The Hall–Kier alpha value is -2.61. The summed E-state index contributed by atoms with van der Waals surface area (Å²) in [5, 5.41) is 7.30. The van der Waals surface area contributed by atoms with Crippen LogP contribution < -0.4 is 10.6 Å². The number of amides is 2. The van der Waals surface area contributed by atoms with Crippen molar-refractivity contribution in [3.8, 4) is 0 Å². The van der Waals surface area contributed by atoms with Crippen molar-refractivity contribution in [2.24, 2.45) is 0 Å². The predicted molar refractivity (Wildman–Crippen MR) is 104 cm³/mol. The molecule has 1 aromatic heterocycles. The quantitative estimate of drug-likeness (QED) is 0.450. The number of thioether (sulfide) groups is 1. The minimum Gasteiger partial charge on any atom is -0.463 e. The third-order valence-corrected chi connectivity index (χ3v) is 5.20. The number of urea groups is 1. The lowest BCUT2D eigenvalue weighted by molar-refractivity contribution is -0.139. The molecule has 142 valence electrons. The van der Waals surface area contributed by atoms with Crippen LogP contribution in [-0.4, -0.2) is 40.4 Å². The van der Waals surface area contributed by atoms with E-state index in [0.717, 1.165) is 15.9 Å². The zero-order valence-corrected chi connectivity index (χ0v) is 16.4. The number of esters is 1. The fraction of sp³-hybridized carbons (Fsp3) is 0.368. The number of nitrogens with one attached hydrogen (secondary N) is 2. The van der Waals surface area contributed by atoms with Gasteiger partial charge in [-0.2, -0.15) is 0 Å². The summed E-state index contributed by atoms with van der Waals surface area (Å²) in [7, 11) is 0. The summed E-state index contributed by atoms with van der Waals surface area (Å²) in [4.78, 5) is 33.4. The van der Waals surface area contributed by atoms with Crippen LogP contribution in [0, 0.1) is 6.92 Å². The minimum atomic E-state index is -0.406. The van der Waals surface area contributed by atoms with Crippen molar-refractivity contribution >= 4 is 34.7 Å². The molecule has 0 spiro atoms. The molecule has 1 aliphatic heterocycles. The van der Waals surface area contributed by atoms with Gasteiger partial charge in [0.2, 0.25) is 0 Å². The van der Waals surface area contributed by atoms with Gasteiger partial charge in [0.05, 0.1) is 23.7 Å². The summed E-state index contributed by atoms with van der Waals surface area (Å²) >= 11 is 1.47. The van der Waals surface area contributed by atoms with E-state index >= 15 is 0 Å². The van der Waals surface area contributed by atoms with Crippen molar-refractivity contribution in [3.05, 3.63) is 41.4 Å². The Bertz CT molecular complexity index is 913. The number of benzene rings is 1. The van der Waals surface area contributed by atoms with Crippen molar-refractivity contribution in [1.29, 1.82) is 0 Å². The maximum Gasteiger partial charge on any atom is 0.337 e. The number of carbonyl (C=O) groups excluding carboxylic acids is 2. The van der Waals surface area contributed by atoms with Crippen LogP contribution in [0.1, 0.15) is 26.1 Å². The van der Waals surface area contributed by atoms with Gasteiger partial charge in [0.15, 0.2) is 0 Å². The molecule has 1 atom stereocenters. The largest absolute Gasteiger partial charge is 0.463 e. The maximum absolute atomic E-state index is 12.5. The maximum atomic E-state index is 12.5. The summed E-state index contributed by atoms with van der Waals surface area (Å²) in [6, 6.07) is 7.10. The molecule has 0 fully saturated rings. The second-order valence-corrected chi connectivity index (χ2v) is 7.02. The highest BCUT2D eigenvalue weighted by Crippen LogP contribution is 2.28. The zero-order valence-electron chi connectivity index (χ0n) is 15.5. The van der Waals surface area contributed by atoms with Crippen LogP contribution in [0.4, 0.5) is 4.79 Å². The van der Waals surface area contributed by atoms with Crippen molar-refractivity contribution in [2.75, 3.05) is 12.4 Å². The van der Waals surface area contributed by atoms with Gasteiger partial charge in [-0.3, -0.25) is 0 Å². The average Bonchev–Trinajstić information content (AvgIpc) is 2.65. The first kappa shape index (κ1) is 19.2. The molecule has 0 saturated heterocycles. The number of para-hydroxylation sites is 1. The number of hydrogen-bond acceptors (Lipinski definition) is 6. The number of nitrogens with zero attached hydrogens (tertiary/aromatic N) is 2. The van der Waals surface area contributed by atoms with E-state index in [1.807, 2.05) is 38.1 Å². The Morgan fingerprint density at radius 2 is 2.04 bits per heavy atom. The van der Waals surface area contributed by atoms with E-state index in [0.29, 0.717) is 29.3 Å². The highest BCUT2D eigenvalue weighted by molar-refractivity contribution is 7.99. The summed E-state index contributed by atoms with van der Waals surface area (Å²) in [6.45, 7) is 5.81. The molecule has 0 aliphatic carbocycles. The third-order valence-electron chi connectivity index (χ3n) is 4.18. The lowest BCUT2D eigenvalue weighted by atomic mass is 10.0. The first-order chi connectivity index (χ1) is 13.0. The fourth-order valence-corrected chi connectivity index (χ4v) is 4.02. The van der Waals surface area contributed by atoms with Crippen LogP contribution in [0.15, 0.2) is 40.6 Å². The zero-order chi connectivity index (χ0) is 19.4. The van der Waals surface area contributed by atoms with Crippen molar-refractivity contribution < 1.29 is 14.3 Å². The molecule has 2 N–H and O–H groups in total. The molecule has 0 bridgehead atoms. The van der Waals surface area contributed by atoms with Gasteiger partial charge in [-0.05, 0) is 26.3 Å². The molecule has 2 amide bonds. The van der Waals surface area contributed by atoms with E-state index < -0.39 is 5.97 Å². The molecule has 0 saturated carbocycles. The molecule has 8 heteroatoms. The van der Waals surface area contributed by atoms with Crippen molar-refractivity contribution in [3.63, 3.8) is 0 Å². The van der Waals surface area contributed by atoms with E-state index in [9.17, 15) is 9.59 Å². The normalized spacial score (nSPS) is 16.9. The van der Waals surface area contributed by atoms with Crippen molar-refractivity contribution in [2.45, 2.75) is 38.3 Å². The second-order valence-electron chi connectivity index (χ2n) is 6.05. The summed E-state index contributed by atoms with van der Waals surface area (Å²) in [5.41, 5.74) is 1.91. The van der Waals surface area contributed by atoms with Gasteiger partial charge in [-0.1, -0.05) is 36.9 Å². The number of hydrogen-bond donors (Lipinski definition) is 2. The molecular formula is C19H22N4O3S. The van der Waals surface area contributed by atoms with Gasteiger partial charge in [-0.15, -0.1) is 0 Å². The lowest BCUT2D eigenvalue weighted by Crippen LogP contribution is -2.50. The molecule has 2 aromatic rings. The van der Waals surface area contributed by atoms with Gasteiger partial charge in [0.25, 0.3) is 0 Å². The number of rotatable bonds is 6. The minimum absolute atomic E-state index is 0.281. The number of ether oxygens (including phenoxy) is 1. The second kappa shape index (κ2) is 8.39. The number of carbonyl (C=O) groups is 2. The Labute approximate surface area is 162 Å². The SMILES string of the molecule is CCOC(=O)C1=C(CSc2nc(C)nc3ccccc23)NC(=O)N[C@@H]1CC. The monoisotopic (exact) mass is 386 g/mol. The Morgan fingerprint density at radius 1 is 1.26 bits per heavy atom. The number of aromatic nitrogens is 2. The molecule has 3 rings (SSSR count). The lowest BCUT2D eigenvalue weighted by Gasteiger charge is -2.28. The van der Waals surface area contributed by atoms with Crippen LogP contribution >= 0.6 is 11.8 Å².